The second-order valence-electron chi connectivity index (χ2n) is 4.53. The largest absolute Gasteiger partial charge is 0.340 e. The van der Waals surface area contributed by atoms with Crippen molar-refractivity contribution in [2.45, 2.75) is 31.3 Å². The molecule has 1 aliphatic carbocycles. The average Bonchev–Trinajstić information content (AvgIpc) is 2.47. The lowest BCUT2D eigenvalue weighted by molar-refractivity contribution is -0.137. The Morgan fingerprint density at radius 1 is 1.40 bits per heavy atom. The Bertz CT molecular complexity index is 229. The van der Waals surface area contributed by atoms with Gasteiger partial charge in [0.15, 0.2) is 0 Å². The third-order valence-corrected chi connectivity index (χ3v) is 3.48. The summed E-state index contributed by atoms with van der Waals surface area (Å²) in [4.78, 5) is 13.9. The topological polar surface area (TPSA) is 58.4 Å². The van der Waals surface area contributed by atoms with Crippen LogP contribution < -0.4 is 11.1 Å². The zero-order chi connectivity index (χ0) is 10.1. The number of carbonyl (C=O) groups is 1. The Labute approximate surface area is 97.0 Å². The lowest BCUT2D eigenvalue weighted by atomic mass is 10.0. The van der Waals surface area contributed by atoms with E-state index in [1.807, 2.05) is 11.9 Å². The maximum Gasteiger partial charge on any atom is 0.225 e. The van der Waals surface area contributed by atoms with Crippen molar-refractivity contribution in [1.29, 1.82) is 0 Å². The molecule has 1 aliphatic heterocycles. The molecule has 2 unspecified atom stereocenters. The van der Waals surface area contributed by atoms with Crippen molar-refractivity contribution in [2.24, 2.45) is 11.7 Å². The molecule has 2 aliphatic rings. The number of nitrogens with two attached hydrogens (primary N) is 1. The van der Waals surface area contributed by atoms with Gasteiger partial charge in [-0.2, -0.15) is 0 Å². The van der Waals surface area contributed by atoms with Gasteiger partial charge in [0.25, 0.3) is 0 Å². The maximum atomic E-state index is 12.0. The first-order valence-electron chi connectivity index (χ1n) is 5.41. The van der Waals surface area contributed by atoms with Gasteiger partial charge >= 0.3 is 0 Å². The summed E-state index contributed by atoms with van der Waals surface area (Å²) < 4.78 is 0. The van der Waals surface area contributed by atoms with Crippen molar-refractivity contribution < 1.29 is 4.79 Å². The molecule has 0 spiro atoms. The Morgan fingerprint density at radius 3 is 2.47 bits per heavy atom. The van der Waals surface area contributed by atoms with Gasteiger partial charge in [-0.3, -0.25) is 4.79 Å². The van der Waals surface area contributed by atoms with Crippen LogP contribution in [0.15, 0.2) is 0 Å². The van der Waals surface area contributed by atoms with Gasteiger partial charge in [0, 0.05) is 32.1 Å². The molecule has 1 amide bonds. The van der Waals surface area contributed by atoms with Crippen LogP contribution >= 0.6 is 12.4 Å². The number of carbonyl (C=O) groups excluding carboxylic acids is 1. The van der Waals surface area contributed by atoms with Crippen LogP contribution in [0.3, 0.4) is 0 Å². The first kappa shape index (κ1) is 12.7. The summed E-state index contributed by atoms with van der Waals surface area (Å²) in [7, 11) is 1.91. The van der Waals surface area contributed by atoms with Crippen LogP contribution in [-0.4, -0.2) is 43.0 Å². The molecule has 88 valence electrons. The fourth-order valence-electron chi connectivity index (χ4n) is 2.26. The molecule has 0 radical (unpaired) electrons. The maximum absolute atomic E-state index is 12.0. The molecular formula is C10H20ClN3O. The molecule has 1 saturated heterocycles. The molecule has 0 aromatic carbocycles. The Balaban J connectivity index is 0.00000112. The first-order valence-corrected chi connectivity index (χ1v) is 5.41. The predicted octanol–water partition coefficient (Wildman–Crippen LogP) is -0.0342. The van der Waals surface area contributed by atoms with Crippen LogP contribution in [0.2, 0.25) is 0 Å². The Morgan fingerprint density at radius 2 is 2.07 bits per heavy atom. The van der Waals surface area contributed by atoms with E-state index in [0.29, 0.717) is 11.9 Å². The number of amides is 1. The highest BCUT2D eigenvalue weighted by atomic mass is 35.5. The zero-order valence-electron chi connectivity index (χ0n) is 9.11. The van der Waals surface area contributed by atoms with E-state index in [0.717, 1.165) is 32.4 Å². The Hall–Kier alpha value is -0.320. The van der Waals surface area contributed by atoms with Crippen LogP contribution in [-0.2, 0) is 4.79 Å². The van der Waals surface area contributed by atoms with Crippen molar-refractivity contribution in [2.75, 3.05) is 20.1 Å². The van der Waals surface area contributed by atoms with Crippen molar-refractivity contribution in [1.82, 2.24) is 10.2 Å². The second kappa shape index (κ2) is 5.14. The van der Waals surface area contributed by atoms with E-state index in [4.69, 9.17) is 5.73 Å². The predicted molar refractivity (Wildman–Crippen MR) is 62.0 cm³/mol. The molecule has 2 rings (SSSR count). The van der Waals surface area contributed by atoms with Crippen LogP contribution in [0.5, 0.6) is 0 Å². The highest BCUT2D eigenvalue weighted by molar-refractivity contribution is 5.85. The van der Waals surface area contributed by atoms with Gasteiger partial charge in [-0.1, -0.05) is 0 Å². The minimum atomic E-state index is 0. The van der Waals surface area contributed by atoms with E-state index in [-0.39, 0.29) is 24.4 Å². The fourth-order valence-corrected chi connectivity index (χ4v) is 2.26. The van der Waals surface area contributed by atoms with Crippen LogP contribution in [0.4, 0.5) is 0 Å². The molecule has 2 fully saturated rings. The van der Waals surface area contributed by atoms with Crippen LogP contribution in [0.25, 0.3) is 0 Å². The quantitative estimate of drug-likeness (QED) is 0.704. The van der Waals surface area contributed by atoms with Crippen molar-refractivity contribution in [3.63, 3.8) is 0 Å². The molecule has 0 bridgehead atoms. The first-order chi connectivity index (χ1) is 6.68. The summed E-state index contributed by atoms with van der Waals surface area (Å²) >= 11 is 0. The highest BCUT2D eigenvalue weighted by Crippen LogP contribution is 2.26. The van der Waals surface area contributed by atoms with Crippen molar-refractivity contribution in [3.05, 3.63) is 0 Å². The van der Waals surface area contributed by atoms with Crippen molar-refractivity contribution >= 4 is 18.3 Å². The van der Waals surface area contributed by atoms with E-state index in [2.05, 4.69) is 5.32 Å². The number of hydrogen-bond acceptors (Lipinski definition) is 3. The highest BCUT2D eigenvalue weighted by Gasteiger charge is 2.33. The summed E-state index contributed by atoms with van der Waals surface area (Å²) in [5, 5.41) is 3.18. The fraction of sp³-hybridized carbons (Fsp3) is 0.900. The number of hydrogen-bond donors (Lipinski definition) is 2. The second-order valence-corrected chi connectivity index (χ2v) is 4.53. The zero-order valence-corrected chi connectivity index (χ0v) is 9.93. The van der Waals surface area contributed by atoms with E-state index in [1.54, 1.807) is 0 Å². The van der Waals surface area contributed by atoms with Crippen molar-refractivity contribution in [3.8, 4) is 0 Å². The molecule has 0 aromatic heterocycles. The molecule has 2 atom stereocenters. The number of likely N-dealkylation sites (N-methyl/N-ethyl adjacent to an activating group) is 1. The van der Waals surface area contributed by atoms with E-state index in [1.165, 1.54) is 0 Å². The molecule has 0 aromatic rings. The minimum absolute atomic E-state index is 0. The minimum Gasteiger partial charge on any atom is -0.340 e. The number of nitrogens with one attached hydrogen (secondary N) is 1. The summed E-state index contributed by atoms with van der Waals surface area (Å²) in [5.41, 5.74) is 5.80. The smallest absolute Gasteiger partial charge is 0.225 e. The molecule has 1 saturated carbocycles. The van der Waals surface area contributed by atoms with Gasteiger partial charge in [-0.15, -0.1) is 12.4 Å². The normalized spacial score (nSPS) is 30.5. The summed E-state index contributed by atoms with van der Waals surface area (Å²) in [6, 6.07) is 0.663. The lowest BCUT2D eigenvalue weighted by Crippen LogP contribution is -2.58. The van der Waals surface area contributed by atoms with E-state index >= 15 is 0 Å². The van der Waals surface area contributed by atoms with Gasteiger partial charge in [0.05, 0.1) is 6.04 Å². The molecule has 3 N–H and O–H groups in total. The van der Waals surface area contributed by atoms with Crippen LogP contribution in [0.1, 0.15) is 19.3 Å². The molecular weight excluding hydrogens is 214 g/mol. The number of halogens is 1. The molecule has 1 heterocycles. The van der Waals surface area contributed by atoms with Gasteiger partial charge in [-0.05, 0) is 19.3 Å². The summed E-state index contributed by atoms with van der Waals surface area (Å²) in [6.07, 6.45) is 2.86. The third kappa shape index (κ3) is 2.62. The van der Waals surface area contributed by atoms with Gasteiger partial charge < -0.3 is 16.0 Å². The van der Waals surface area contributed by atoms with Gasteiger partial charge in [-0.25, -0.2) is 0 Å². The number of rotatable bonds is 2. The van der Waals surface area contributed by atoms with Crippen LogP contribution in [0, 0.1) is 5.92 Å². The number of nitrogens with zero attached hydrogens (tertiary/aromatic N) is 1. The standard InChI is InChI=1S/C10H19N3O.ClH/c1-13(9-5-12-6-9)10(14)7-2-3-8(11)4-7;/h7-9,12H,2-6,11H2,1H3;1H. The third-order valence-electron chi connectivity index (χ3n) is 3.48. The van der Waals surface area contributed by atoms with Gasteiger partial charge in [0.2, 0.25) is 5.91 Å². The summed E-state index contributed by atoms with van der Waals surface area (Å²) in [5.74, 6) is 0.486. The Kier molecular flexibility index (Phi) is 4.37. The average molecular weight is 234 g/mol. The van der Waals surface area contributed by atoms with Gasteiger partial charge in [0.1, 0.15) is 0 Å². The molecule has 4 nitrogen and oxygen atoms in total. The summed E-state index contributed by atoms with van der Waals surface area (Å²) in [6.45, 7) is 1.89. The lowest BCUT2D eigenvalue weighted by Gasteiger charge is -2.36. The molecule has 5 heteroatoms. The SMILES string of the molecule is CN(C(=O)C1CCC(N)C1)C1CNC1.Cl. The monoisotopic (exact) mass is 233 g/mol. The van der Waals surface area contributed by atoms with E-state index in [9.17, 15) is 4.79 Å². The van der Waals surface area contributed by atoms with E-state index < -0.39 is 0 Å². The molecule has 15 heavy (non-hydrogen) atoms.